The molecule has 0 unspecified atom stereocenters. The topological polar surface area (TPSA) is 224 Å². The van der Waals surface area contributed by atoms with Crippen molar-refractivity contribution in [2.75, 3.05) is 90.5 Å². The van der Waals surface area contributed by atoms with Crippen LogP contribution in [0.15, 0.2) is 66.9 Å². The smallest absolute Gasteiger partial charge is 0.276 e. The van der Waals surface area contributed by atoms with E-state index in [1.165, 1.54) is 6.20 Å². The standard InChI is InChI=1S/C43H49ClN18O2/c1-5-33-50-40(55-38-45-25-31(44)35(54-38)37(64)48-29-10-8-7-9-11-29)57-43(53-33)62-22-18-60(19-23-62)26-28-12-14-30(15-13-28)47-36(63)32-24-27(3)46-39(49-32)56-41-51-34(6-2)52-42(58-41)61-20-16-59(4)17-21-61/h7-15,24-25H,5-6,16-23,26H2,1-4H3,(H,47,63)(H,48,64)(H,45,50,53,54,55,57)(H,46,49,51,52,56,58). The SMILES string of the molecule is CCc1nc(Nc2nc(C)cc(C(=O)Nc3ccc(CN4CCN(c5nc(CC)nc(Nc6ncc(Cl)c(C(=O)Nc7ccccc7)n6)n5)CC4)cc3)n2)nc(N2CCN(C)CC2)n1. The van der Waals surface area contributed by atoms with Crippen LogP contribution >= 0.6 is 11.6 Å². The van der Waals surface area contributed by atoms with Gasteiger partial charge in [0.25, 0.3) is 11.8 Å². The van der Waals surface area contributed by atoms with Gasteiger partial charge < -0.3 is 25.3 Å². The van der Waals surface area contributed by atoms with Crippen molar-refractivity contribution in [3.05, 3.63) is 106 Å². The third kappa shape index (κ3) is 11.1. The first-order valence-electron chi connectivity index (χ1n) is 21.2. The van der Waals surface area contributed by atoms with Gasteiger partial charge in [0.2, 0.25) is 35.7 Å². The molecular weight excluding hydrogens is 836 g/mol. The first kappa shape index (κ1) is 43.6. The number of halogens is 1. The summed E-state index contributed by atoms with van der Waals surface area (Å²) in [5, 5.41) is 12.0. The maximum Gasteiger partial charge on any atom is 0.276 e. The molecule has 0 bridgehead atoms. The zero-order valence-corrected chi connectivity index (χ0v) is 36.8. The first-order valence-corrected chi connectivity index (χ1v) is 21.5. The largest absolute Gasteiger partial charge is 0.338 e. The van der Waals surface area contributed by atoms with Gasteiger partial charge in [-0.2, -0.15) is 29.9 Å². The van der Waals surface area contributed by atoms with Crippen LogP contribution in [0.25, 0.3) is 0 Å². The number of carbonyl (C=O) groups excluding carboxylic acids is 2. The van der Waals surface area contributed by atoms with E-state index < -0.39 is 5.91 Å². The van der Waals surface area contributed by atoms with E-state index in [9.17, 15) is 9.59 Å². The molecule has 0 saturated carbocycles. The zero-order valence-electron chi connectivity index (χ0n) is 36.1. The molecule has 330 valence electrons. The molecule has 4 N–H and O–H groups in total. The number of benzene rings is 2. The Morgan fingerprint density at radius 1 is 0.625 bits per heavy atom. The second-order valence-corrected chi connectivity index (χ2v) is 15.7. The Morgan fingerprint density at radius 2 is 1.19 bits per heavy atom. The fourth-order valence-corrected chi connectivity index (χ4v) is 7.20. The van der Waals surface area contributed by atoms with Crippen LogP contribution in [0.4, 0.5) is 47.1 Å². The maximum absolute atomic E-state index is 13.4. The summed E-state index contributed by atoms with van der Waals surface area (Å²) in [7, 11) is 2.10. The van der Waals surface area contributed by atoms with E-state index in [-0.39, 0.29) is 40.2 Å². The fourth-order valence-electron chi connectivity index (χ4n) is 7.02. The number of nitrogens with one attached hydrogen (secondary N) is 4. The van der Waals surface area contributed by atoms with E-state index in [1.807, 2.05) is 63.2 Å². The molecule has 6 aromatic rings. The molecule has 0 aliphatic carbocycles. The number of likely N-dealkylation sites (N-methyl/N-ethyl adjacent to an activating group) is 1. The number of aryl methyl sites for hydroxylation is 3. The molecule has 2 aliphatic heterocycles. The van der Waals surface area contributed by atoms with Gasteiger partial charge in [0.15, 0.2) is 5.69 Å². The summed E-state index contributed by atoms with van der Waals surface area (Å²) in [6.45, 7) is 12.9. The van der Waals surface area contributed by atoms with Crippen LogP contribution < -0.4 is 31.1 Å². The van der Waals surface area contributed by atoms with Crippen molar-refractivity contribution in [3.8, 4) is 0 Å². The van der Waals surface area contributed by atoms with Crippen molar-refractivity contribution in [1.29, 1.82) is 0 Å². The molecule has 20 nitrogen and oxygen atoms in total. The van der Waals surface area contributed by atoms with Crippen LogP contribution in [-0.2, 0) is 19.4 Å². The Hall–Kier alpha value is -7.03. The van der Waals surface area contributed by atoms with Gasteiger partial charge in [-0.05, 0) is 49.9 Å². The average Bonchev–Trinajstić information content (AvgIpc) is 3.30. The van der Waals surface area contributed by atoms with Crippen LogP contribution in [0.5, 0.6) is 0 Å². The molecule has 2 saturated heterocycles. The number of nitrogens with zero attached hydrogens (tertiary/aromatic N) is 14. The molecule has 21 heteroatoms. The molecule has 8 rings (SSSR count). The van der Waals surface area contributed by atoms with Crippen LogP contribution in [0.1, 0.15) is 57.7 Å². The fraction of sp³-hybridized carbons (Fsp3) is 0.349. The summed E-state index contributed by atoms with van der Waals surface area (Å²) >= 11 is 6.31. The average molecular weight is 885 g/mol. The molecule has 0 atom stereocenters. The first-order chi connectivity index (χ1) is 31.1. The highest BCUT2D eigenvalue weighted by atomic mass is 35.5. The zero-order chi connectivity index (χ0) is 44.6. The lowest BCUT2D eigenvalue weighted by Crippen LogP contribution is -2.46. The van der Waals surface area contributed by atoms with E-state index >= 15 is 0 Å². The van der Waals surface area contributed by atoms with E-state index in [1.54, 1.807) is 18.2 Å². The minimum Gasteiger partial charge on any atom is -0.338 e. The number of aromatic nitrogens is 10. The predicted octanol–water partition coefficient (Wildman–Crippen LogP) is 4.79. The number of para-hydroxylation sites is 1. The summed E-state index contributed by atoms with van der Waals surface area (Å²) in [4.78, 5) is 80.7. The summed E-state index contributed by atoms with van der Waals surface area (Å²) in [5.74, 6) is 2.54. The van der Waals surface area contributed by atoms with Crippen molar-refractivity contribution in [2.24, 2.45) is 0 Å². The maximum atomic E-state index is 13.4. The predicted molar refractivity (Wildman–Crippen MR) is 245 cm³/mol. The molecule has 4 aromatic heterocycles. The van der Waals surface area contributed by atoms with Crippen molar-refractivity contribution in [1.82, 2.24) is 59.6 Å². The van der Waals surface area contributed by atoms with Crippen LogP contribution in [0.2, 0.25) is 5.02 Å². The second kappa shape index (κ2) is 20.0. The molecule has 0 spiro atoms. The van der Waals surface area contributed by atoms with Gasteiger partial charge in [0.05, 0.1) is 11.2 Å². The quantitative estimate of drug-likeness (QED) is 0.115. The molecule has 6 heterocycles. The number of hydrogen-bond acceptors (Lipinski definition) is 18. The van der Waals surface area contributed by atoms with Crippen molar-refractivity contribution >= 4 is 70.5 Å². The molecule has 2 aromatic carbocycles. The molecule has 64 heavy (non-hydrogen) atoms. The Kier molecular flexibility index (Phi) is 13.6. The summed E-state index contributed by atoms with van der Waals surface area (Å²) < 4.78 is 0. The van der Waals surface area contributed by atoms with E-state index in [2.05, 4.69) is 92.8 Å². The third-order valence-electron chi connectivity index (χ3n) is 10.6. The number of rotatable bonds is 14. The third-order valence-corrected chi connectivity index (χ3v) is 10.8. The molecular formula is C43H49ClN18O2. The number of hydrogen-bond donors (Lipinski definition) is 4. The van der Waals surface area contributed by atoms with Gasteiger partial charge in [0.1, 0.15) is 17.3 Å². The van der Waals surface area contributed by atoms with Gasteiger partial charge >= 0.3 is 0 Å². The minimum absolute atomic E-state index is 0.0158. The lowest BCUT2D eigenvalue weighted by molar-refractivity contribution is 0.101. The summed E-state index contributed by atoms with van der Waals surface area (Å²) in [6.07, 6.45) is 2.59. The second-order valence-electron chi connectivity index (χ2n) is 15.3. The van der Waals surface area contributed by atoms with Crippen molar-refractivity contribution in [2.45, 2.75) is 40.2 Å². The van der Waals surface area contributed by atoms with Crippen molar-refractivity contribution < 1.29 is 9.59 Å². The molecule has 0 radical (unpaired) electrons. The highest BCUT2D eigenvalue weighted by Crippen LogP contribution is 2.22. The Bertz CT molecular complexity index is 2590. The number of carbonyl (C=O) groups is 2. The van der Waals surface area contributed by atoms with E-state index in [4.69, 9.17) is 16.6 Å². The normalized spacial score (nSPS) is 14.6. The van der Waals surface area contributed by atoms with Crippen LogP contribution in [0.3, 0.4) is 0 Å². The lowest BCUT2D eigenvalue weighted by atomic mass is 10.1. The van der Waals surface area contributed by atoms with E-state index in [0.29, 0.717) is 72.5 Å². The number of piperazine rings is 2. The van der Waals surface area contributed by atoms with Gasteiger partial charge in [0, 0.05) is 88.8 Å². The van der Waals surface area contributed by atoms with Crippen LogP contribution in [0, 0.1) is 6.92 Å². The number of amides is 2. The Morgan fingerprint density at radius 3 is 1.81 bits per heavy atom. The summed E-state index contributed by atoms with van der Waals surface area (Å²) in [5.41, 5.74) is 3.21. The Balaban J connectivity index is 0.850. The summed E-state index contributed by atoms with van der Waals surface area (Å²) in [6, 6.07) is 18.5. The molecule has 2 fully saturated rings. The van der Waals surface area contributed by atoms with Gasteiger partial charge in [-0.15, -0.1) is 0 Å². The monoisotopic (exact) mass is 884 g/mol. The Labute approximate surface area is 375 Å². The number of anilines is 8. The molecule has 2 amide bonds. The minimum atomic E-state index is -0.469. The van der Waals surface area contributed by atoms with Gasteiger partial charge in [-0.3, -0.25) is 25.1 Å². The highest BCUT2D eigenvalue weighted by Gasteiger charge is 2.23. The van der Waals surface area contributed by atoms with E-state index in [0.717, 1.165) is 51.4 Å². The lowest BCUT2D eigenvalue weighted by Gasteiger charge is -2.34. The van der Waals surface area contributed by atoms with Crippen molar-refractivity contribution in [3.63, 3.8) is 0 Å². The highest BCUT2D eigenvalue weighted by molar-refractivity contribution is 6.34. The van der Waals surface area contributed by atoms with Crippen LogP contribution in [-0.4, -0.2) is 131 Å². The van der Waals surface area contributed by atoms with Gasteiger partial charge in [-0.25, -0.2) is 19.9 Å². The van der Waals surface area contributed by atoms with Gasteiger partial charge in [-0.1, -0.05) is 55.8 Å². The molecule has 2 aliphatic rings.